The molecule has 2 aromatic heterocycles. The Kier molecular flexibility index (Phi) is 3.98. The van der Waals surface area contributed by atoms with E-state index >= 15 is 0 Å². The number of hydrogen-bond donors (Lipinski definition) is 2. The van der Waals surface area contributed by atoms with Gasteiger partial charge < -0.3 is 19.7 Å². The number of aliphatic hydroxyl groups excluding tert-OH is 1. The largest absolute Gasteiger partial charge is 0.491 e. The third kappa shape index (κ3) is 3.01. The molecule has 102 valence electrons. The Morgan fingerprint density at radius 2 is 2.32 bits per heavy atom. The van der Waals surface area contributed by atoms with E-state index in [4.69, 9.17) is 14.6 Å². The first kappa shape index (κ1) is 13.3. The zero-order valence-corrected chi connectivity index (χ0v) is 10.3. The number of pyridine rings is 1. The minimum absolute atomic E-state index is 0.0700. The van der Waals surface area contributed by atoms with E-state index < -0.39 is 12.1 Å². The Bertz CT molecular complexity index is 581. The number of hydrogen-bond acceptors (Lipinski definition) is 5. The molecule has 2 rings (SSSR count). The van der Waals surface area contributed by atoms with Crippen molar-refractivity contribution in [1.82, 2.24) is 9.61 Å². The molecule has 2 heterocycles. The molecule has 0 radical (unpaired) electrons. The van der Waals surface area contributed by atoms with Gasteiger partial charge in [-0.15, -0.1) is 0 Å². The van der Waals surface area contributed by atoms with Gasteiger partial charge in [-0.05, 0) is 6.07 Å². The zero-order valence-electron chi connectivity index (χ0n) is 10.3. The molecule has 0 amide bonds. The minimum atomic E-state index is -1.05. The highest BCUT2D eigenvalue weighted by atomic mass is 16.5. The molecule has 0 aliphatic heterocycles. The predicted molar refractivity (Wildman–Crippen MR) is 65.5 cm³/mol. The van der Waals surface area contributed by atoms with Gasteiger partial charge in [0.05, 0.1) is 18.3 Å². The van der Waals surface area contributed by atoms with Gasteiger partial charge in [-0.25, -0.2) is 9.31 Å². The number of carbonyl (C=O) groups is 1. The molecule has 0 bridgehead atoms. The molecule has 0 aliphatic carbocycles. The molecule has 2 N–H and O–H groups in total. The normalized spacial score (nSPS) is 12.5. The fourth-order valence-electron chi connectivity index (χ4n) is 1.65. The van der Waals surface area contributed by atoms with E-state index in [-0.39, 0.29) is 18.8 Å². The number of rotatable bonds is 6. The van der Waals surface area contributed by atoms with Gasteiger partial charge in [-0.3, -0.25) is 0 Å². The second-order valence-corrected chi connectivity index (χ2v) is 3.98. The van der Waals surface area contributed by atoms with Crippen molar-refractivity contribution >= 4 is 11.5 Å². The van der Waals surface area contributed by atoms with Crippen molar-refractivity contribution in [1.29, 1.82) is 0 Å². The van der Waals surface area contributed by atoms with Crippen LogP contribution >= 0.6 is 0 Å². The standard InChI is InChI=1S/C12H14N2O5/c1-18-6-8(15)7-19-9-2-3-14-11(4-9)10(5-13-14)12(16)17/h2-5,8,15H,6-7H2,1H3,(H,16,17). The molecule has 0 aromatic carbocycles. The number of ether oxygens (including phenoxy) is 2. The molecular weight excluding hydrogens is 252 g/mol. The lowest BCUT2D eigenvalue weighted by molar-refractivity contribution is 0.0325. The highest BCUT2D eigenvalue weighted by molar-refractivity contribution is 5.95. The number of carboxylic acid groups (broad SMARTS) is 1. The summed E-state index contributed by atoms with van der Waals surface area (Å²) in [6.07, 6.45) is 2.14. The zero-order chi connectivity index (χ0) is 13.8. The maximum Gasteiger partial charge on any atom is 0.339 e. The summed E-state index contributed by atoms with van der Waals surface area (Å²) in [4.78, 5) is 11.0. The van der Waals surface area contributed by atoms with Crippen LogP contribution in [0.5, 0.6) is 5.75 Å². The van der Waals surface area contributed by atoms with Gasteiger partial charge in [-0.2, -0.15) is 5.10 Å². The second kappa shape index (κ2) is 5.68. The monoisotopic (exact) mass is 266 g/mol. The number of aromatic nitrogens is 2. The number of aliphatic hydroxyl groups is 1. The molecular formula is C12H14N2O5. The predicted octanol–water partition coefficient (Wildman–Crippen LogP) is 0.419. The lowest BCUT2D eigenvalue weighted by Gasteiger charge is -2.11. The summed E-state index contributed by atoms with van der Waals surface area (Å²) in [5, 5.41) is 22.4. The Balaban J connectivity index is 2.16. The van der Waals surface area contributed by atoms with Gasteiger partial charge in [0.15, 0.2) is 0 Å². The van der Waals surface area contributed by atoms with E-state index in [1.807, 2.05) is 0 Å². The minimum Gasteiger partial charge on any atom is -0.491 e. The van der Waals surface area contributed by atoms with Gasteiger partial charge in [0.2, 0.25) is 0 Å². The molecule has 0 aliphatic rings. The van der Waals surface area contributed by atoms with Gasteiger partial charge in [0.25, 0.3) is 0 Å². The third-order valence-electron chi connectivity index (χ3n) is 2.52. The Hall–Kier alpha value is -2.12. The maximum atomic E-state index is 11.0. The van der Waals surface area contributed by atoms with Crippen LogP contribution in [0.3, 0.4) is 0 Å². The van der Waals surface area contributed by atoms with Crippen LogP contribution in [0.2, 0.25) is 0 Å². The van der Waals surface area contributed by atoms with Crippen molar-refractivity contribution < 1.29 is 24.5 Å². The molecule has 0 fully saturated rings. The van der Waals surface area contributed by atoms with Crippen LogP contribution in [0, 0.1) is 0 Å². The van der Waals surface area contributed by atoms with Crippen LogP contribution in [0.4, 0.5) is 0 Å². The van der Waals surface area contributed by atoms with Gasteiger partial charge in [-0.1, -0.05) is 0 Å². The highest BCUT2D eigenvalue weighted by Gasteiger charge is 2.12. The summed E-state index contributed by atoms with van der Waals surface area (Å²) in [6.45, 7) is 0.246. The summed E-state index contributed by atoms with van der Waals surface area (Å²) in [7, 11) is 1.49. The fourth-order valence-corrected chi connectivity index (χ4v) is 1.65. The van der Waals surface area contributed by atoms with Crippen LogP contribution in [-0.2, 0) is 4.74 Å². The van der Waals surface area contributed by atoms with Gasteiger partial charge in [0.1, 0.15) is 24.0 Å². The number of fused-ring (bicyclic) bond motifs is 1. The molecule has 0 spiro atoms. The number of aromatic carboxylic acids is 1. The van der Waals surface area contributed by atoms with E-state index in [9.17, 15) is 9.90 Å². The van der Waals surface area contributed by atoms with Crippen molar-refractivity contribution in [2.75, 3.05) is 20.3 Å². The van der Waals surface area contributed by atoms with Gasteiger partial charge in [0, 0.05) is 19.4 Å². The van der Waals surface area contributed by atoms with Crippen LogP contribution in [-0.4, -0.2) is 52.2 Å². The second-order valence-electron chi connectivity index (χ2n) is 3.98. The summed E-state index contributed by atoms with van der Waals surface area (Å²) >= 11 is 0. The molecule has 19 heavy (non-hydrogen) atoms. The fraction of sp³-hybridized carbons (Fsp3) is 0.333. The van der Waals surface area contributed by atoms with Crippen LogP contribution in [0.1, 0.15) is 10.4 Å². The molecule has 1 atom stereocenters. The summed E-state index contributed by atoms with van der Waals surface area (Å²) in [6, 6.07) is 3.21. The lowest BCUT2D eigenvalue weighted by atomic mass is 10.2. The smallest absolute Gasteiger partial charge is 0.339 e. The SMILES string of the molecule is COCC(O)COc1ccn2ncc(C(=O)O)c2c1. The number of carboxylic acids is 1. The van der Waals surface area contributed by atoms with Crippen molar-refractivity contribution in [3.63, 3.8) is 0 Å². The molecule has 7 nitrogen and oxygen atoms in total. The van der Waals surface area contributed by atoms with Crippen molar-refractivity contribution in [2.45, 2.75) is 6.10 Å². The van der Waals surface area contributed by atoms with E-state index in [1.54, 1.807) is 18.3 Å². The molecule has 1 unspecified atom stereocenters. The Labute approximate surface area is 109 Å². The van der Waals surface area contributed by atoms with Crippen LogP contribution < -0.4 is 4.74 Å². The van der Waals surface area contributed by atoms with E-state index in [1.165, 1.54) is 17.8 Å². The van der Waals surface area contributed by atoms with E-state index in [2.05, 4.69) is 5.10 Å². The average Bonchev–Trinajstić information content (AvgIpc) is 2.79. The van der Waals surface area contributed by atoms with Gasteiger partial charge >= 0.3 is 5.97 Å². The first-order valence-corrected chi connectivity index (χ1v) is 5.62. The molecule has 0 saturated carbocycles. The lowest BCUT2D eigenvalue weighted by Crippen LogP contribution is -2.22. The topological polar surface area (TPSA) is 93.3 Å². The average molecular weight is 266 g/mol. The Morgan fingerprint density at radius 1 is 1.53 bits per heavy atom. The maximum absolute atomic E-state index is 11.0. The molecule has 7 heteroatoms. The van der Waals surface area contributed by atoms with E-state index in [0.717, 1.165) is 0 Å². The molecule has 2 aromatic rings. The number of nitrogens with zero attached hydrogens (tertiary/aromatic N) is 2. The first-order chi connectivity index (χ1) is 9.11. The summed E-state index contributed by atoms with van der Waals surface area (Å²) in [5.41, 5.74) is 0.536. The quantitative estimate of drug-likeness (QED) is 0.787. The summed E-state index contributed by atoms with van der Waals surface area (Å²) in [5.74, 6) is -0.586. The van der Waals surface area contributed by atoms with Crippen molar-refractivity contribution in [3.05, 3.63) is 30.1 Å². The van der Waals surface area contributed by atoms with Crippen molar-refractivity contribution in [3.8, 4) is 5.75 Å². The molecule has 0 saturated heterocycles. The first-order valence-electron chi connectivity index (χ1n) is 5.62. The van der Waals surface area contributed by atoms with Crippen LogP contribution in [0.15, 0.2) is 24.5 Å². The summed E-state index contributed by atoms with van der Waals surface area (Å²) < 4.78 is 11.6. The number of methoxy groups -OCH3 is 1. The Morgan fingerprint density at radius 3 is 3.00 bits per heavy atom. The van der Waals surface area contributed by atoms with Crippen LogP contribution in [0.25, 0.3) is 5.52 Å². The van der Waals surface area contributed by atoms with Crippen molar-refractivity contribution in [2.24, 2.45) is 0 Å². The third-order valence-corrected chi connectivity index (χ3v) is 2.52. The highest BCUT2D eigenvalue weighted by Crippen LogP contribution is 2.18. The van der Waals surface area contributed by atoms with E-state index in [0.29, 0.717) is 11.3 Å².